The molecule has 3 heteroatoms. The summed E-state index contributed by atoms with van der Waals surface area (Å²) in [4.78, 5) is 2.23. The van der Waals surface area contributed by atoms with Crippen LogP contribution < -0.4 is 5.32 Å². The highest BCUT2D eigenvalue weighted by Crippen LogP contribution is 2.07. The fraction of sp³-hybridized carbons (Fsp3) is 1.00. The van der Waals surface area contributed by atoms with Gasteiger partial charge in [0.05, 0.1) is 6.10 Å². The van der Waals surface area contributed by atoms with Gasteiger partial charge in [-0.3, -0.25) is 0 Å². The average molecular weight is 174 g/mol. The van der Waals surface area contributed by atoms with E-state index in [1.54, 1.807) is 0 Å². The first-order valence-electron chi connectivity index (χ1n) is 4.78. The fourth-order valence-electron chi connectivity index (χ4n) is 1.39. The van der Waals surface area contributed by atoms with Gasteiger partial charge >= 0.3 is 0 Å². The van der Waals surface area contributed by atoms with Crippen LogP contribution in [0.15, 0.2) is 0 Å². The summed E-state index contributed by atoms with van der Waals surface area (Å²) in [7, 11) is 3.98. The molecule has 3 nitrogen and oxygen atoms in total. The van der Waals surface area contributed by atoms with Crippen molar-refractivity contribution in [2.24, 2.45) is 0 Å². The quantitative estimate of drug-likeness (QED) is 0.600. The summed E-state index contributed by atoms with van der Waals surface area (Å²) in [5.74, 6) is 0. The average Bonchev–Trinajstić information content (AvgIpc) is 2.13. The molecule has 74 valence electrons. The van der Waals surface area contributed by atoms with Gasteiger partial charge in [0.25, 0.3) is 0 Å². The number of hydrogen-bond acceptors (Lipinski definition) is 3. The van der Waals surface area contributed by atoms with Crippen molar-refractivity contribution in [1.29, 1.82) is 0 Å². The molecule has 2 N–H and O–H groups in total. The van der Waals surface area contributed by atoms with Crippen molar-refractivity contribution >= 4 is 0 Å². The van der Waals surface area contributed by atoms with Crippen LogP contribution in [0.1, 0.15) is 20.3 Å². The second kappa shape index (κ2) is 6.40. The minimum absolute atomic E-state index is 0.152. The highest BCUT2D eigenvalue weighted by molar-refractivity contribution is 4.82. The number of aliphatic hydroxyl groups is 1. The topological polar surface area (TPSA) is 35.5 Å². The number of rotatable bonds is 1. The summed E-state index contributed by atoms with van der Waals surface area (Å²) >= 11 is 0. The lowest BCUT2D eigenvalue weighted by atomic mass is 10.0. The number of nitrogens with one attached hydrogen (secondary N) is 1. The Balaban J connectivity index is 0.000000561. The van der Waals surface area contributed by atoms with Crippen LogP contribution in [-0.4, -0.2) is 49.3 Å². The van der Waals surface area contributed by atoms with Crippen LogP contribution in [0.25, 0.3) is 0 Å². The van der Waals surface area contributed by atoms with E-state index in [9.17, 15) is 5.11 Å². The van der Waals surface area contributed by atoms with Crippen LogP contribution in [0.3, 0.4) is 0 Å². The zero-order valence-electron chi connectivity index (χ0n) is 8.67. The van der Waals surface area contributed by atoms with Crippen LogP contribution in [0, 0.1) is 0 Å². The summed E-state index contributed by atoms with van der Waals surface area (Å²) < 4.78 is 0. The first-order chi connectivity index (χ1) is 5.74. The first kappa shape index (κ1) is 11.9. The Labute approximate surface area is 75.8 Å². The molecule has 0 spiro atoms. The Morgan fingerprint density at radius 1 is 1.42 bits per heavy atom. The van der Waals surface area contributed by atoms with Gasteiger partial charge in [-0.2, -0.15) is 0 Å². The summed E-state index contributed by atoms with van der Waals surface area (Å²) in [6.07, 6.45) is 0.739. The third kappa shape index (κ3) is 3.52. The third-order valence-electron chi connectivity index (χ3n) is 2.15. The predicted octanol–water partition coefficient (Wildman–Crippen LogP) is 0.297. The van der Waals surface area contributed by atoms with Gasteiger partial charge in [-0.25, -0.2) is 0 Å². The highest BCUT2D eigenvalue weighted by atomic mass is 16.3. The zero-order chi connectivity index (χ0) is 9.56. The van der Waals surface area contributed by atoms with Crippen LogP contribution in [-0.2, 0) is 0 Å². The van der Waals surface area contributed by atoms with Crippen molar-refractivity contribution < 1.29 is 5.11 Å². The smallest absolute Gasteiger partial charge is 0.0717 e. The minimum atomic E-state index is -0.152. The van der Waals surface area contributed by atoms with E-state index in [2.05, 4.69) is 17.3 Å². The van der Waals surface area contributed by atoms with Crippen LogP contribution >= 0.6 is 0 Å². The number of piperidine rings is 1. The Hall–Kier alpha value is -0.120. The minimum Gasteiger partial charge on any atom is -0.391 e. The van der Waals surface area contributed by atoms with E-state index in [-0.39, 0.29) is 12.1 Å². The molecule has 2 unspecified atom stereocenters. The van der Waals surface area contributed by atoms with Crippen molar-refractivity contribution in [3.05, 3.63) is 0 Å². The molecule has 0 bridgehead atoms. The molecule has 1 heterocycles. The molecule has 0 aliphatic carbocycles. The Morgan fingerprint density at radius 2 is 2.00 bits per heavy atom. The molecule has 0 amide bonds. The van der Waals surface area contributed by atoms with Gasteiger partial charge < -0.3 is 15.3 Å². The van der Waals surface area contributed by atoms with E-state index in [0.29, 0.717) is 0 Å². The molecule has 0 aromatic rings. The molecular weight excluding hydrogens is 152 g/mol. The molecule has 12 heavy (non-hydrogen) atoms. The van der Waals surface area contributed by atoms with Gasteiger partial charge in [0, 0.05) is 19.1 Å². The monoisotopic (exact) mass is 174 g/mol. The van der Waals surface area contributed by atoms with Crippen molar-refractivity contribution in [2.75, 3.05) is 27.2 Å². The van der Waals surface area contributed by atoms with E-state index >= 15 is 0 Å². The maximum atomic E-state index is 9.40. The molecule has 1 fully saturated rings. The third-order valence-corrected chi connectivity index (χ3v) is 2.15. The van der Waals surface area contributed by atoms with Crippen molar-refractivity contribution in [2.45, 2.75) is 32.4 Å². The van der Waals surface area contributed by atoms with E-state index < -0.39 is 0 Å². The highest BCUT2D eigenvalue weighted by Gasteiger charge is 2.23. The fourth-order valence-corrected chi connectivity index (χ4v) is 1.39. The lowest BCUT2D eigenvalue weighted by Gasteiger charge is -2.33. The Morgan fingerprint density at radius 3 is 2.42 bits per heavy atom. The second-order valence-electron chi connectivity index (χ2n) is 3.01. The molecule has 1 aliphatic heterocycles. The zero-order valence-corrected chi connectivity index (χ0v) is 8.67. The first-order valence-corrected chi connectivity index (χ1v) is 4.78. The largest absolute Gasteiger partial charge is 0.391 e. The molecule has 1 rings (SSSR count). The number of likely N-dealkylation sites (N-methyl/N-ethyl adjacent to an activating group) is 2. The van der Waals surface area contributed by atoms with Crippen LogP contribution in [0.4, 0.5) is 0 Å². The van der Waals surface area contributed by atoms with Gasteiger partial charge in [-0.15, -0.1) is 0 Å². The van der Waals surface area contributed by atoms with E-state index in [0.717, 1.165) is 19.5 Å². The van der Waals surface area contributed by atoms with E-state index in [1.807, 2.05) is 20.9 Å². The lowest BCUT2D eigenvalue weighted by molar-refractivity contribution is 0.0609. The van der Waals surface area contributed by atoms with Gasteiger partial charge in [-0.05, 0) is 20.5 Å². The van der Waals surface area contributed by atoms with Crippen LogP contribution in [0.5, 0.6) is 0 Å². The maximum absolute atomic E-state index is 9.40. The summed E-state index contributed by atoms with van der Waals surface area (Å²) in [6, 6.07) is 0.263. The SMILES string of the molecule is CC.CNC1CN(C)CCC1O. The normalized spacial score (nSPS) is 30.8. The molecule has 1 saturated heterocycles. The van der Waals surface area contributed by atoms with Crippen LogP contribution in [0.2, 0.25) is 0 Å². The molecule has 0 saturated carbocycles. The number of aliphatic hydroxyl groups excluding tert-OH is 1. The molecule has 0 aromatic heterocycles. The lowest BCUT2D eigenvalue weighted by Crippen LogP contribution is -2.51. The van der Waals surface area contributed by atoms with E-state index in [1.165, 1.54) is 0 Å². The van der Waals surface area contributed by atoms with Gasteiger partial charge in [-0.1, -0.05) is 13.8 Å². The van der Waals surface area contributed by atoms with E-state index in [4.69, 9.17) is 0 Å². The van der Waals surface area contributed by atoms with Gasteiger partial charge in [0.15, 0.2) is 0 Å². The molecule has 0 radical (unpaired) electrons. The Bertz CT molecular complexity index is 109. The number of hydrogen-bond donors (Lipinski definition) is 2. The summed E-state index contributed by atoms with van der Waals surface area (Å²) in [5.41, 5.74) is 0. The predicted molar refractivity (Wildman–Crippen MR) is 52.3 cm³/mol. The molecule has 0 aromatic carbocycles. The van der Waals surface area contributed by atoms with Gasteiger partial charge in [0.1, 0.15) is 0 Å². The summed E-state index contributed by atoms with van der Waals surface area (Å²) in [5, 5.41) is 12.5. The summed E-state index contributed by atoms with van der Waals surface area (Å²) in [6.45, 7) is 5.97. The molecular formula is C9H22N2O. The van der Waals surface area contributed by atoms with Crippen molar-refractivity contribution in [3.63, 3.8) is 0 Å². The molecule has 1 aliphatic rings. The molecule has 2 atom stereocenters. The van der Waals surface area contributed by atoms with Crippen molar-refractivity contribution in [1.82, 2.24) is 10.2 Å². The number of likely N-dealkylation sites (tertiary alicyclic amines) is 1. The van der Waals surface area contributed by atoms with Crippen molar-refractivity contribution in [3.8, 4) is 0 Å². The Kier molecular flexibility index (Phi) is 6.34. The van der Waals surface area contributed by atoms with Gasteiger partial charge in [0.2, 0.25) is 0 Å². The second-order valence-corrected chi connectivity index (χ2v) is 3.01. The standard InChI is InChI=1S/C7H16N2O.C2H6/c1-8-6-5-9(2)4-3-7(6)10;1-2/h6-8,10H,3-5H2,1-2H3;1-2H3. The number of nitrogens with zero attached hydrogens (tertiary/aromatic N) is 1. The maximum Gasteiger partial charge on any atom is 0.0717 e.